The molecule has 0 radical (unpaired) electrons. The first kappa shape index (κ1) is 17.0. The average molecular weight is 290 g/mol. The van der Waals surface area contributed by atoms with Crippen LogP contribution in [0.1, 0.15) is 69.4 Å². The van der Waals surface area contributed by atoms with Gasteiger partial charge in [-0.25, -0.2) is 4.39 Å². The Morgan fingerprint density at radius 2 is 1.75 bits per heavy atom. The van der Waals surface area contributed by atoms with Gasteiger partial charge in [0, 0.05) is 0 Å². The molecule has 4 heteroatoms. The maximum absolute atomic E-state index is 13.3. The summed E-state index contributed by atoms with van der Waals surface area (Å²) in [6, 6.07) is 3.40. The lowest BCUT2D eigenvalue weighted by atomic mass is 9.89. The third kappa shape index (κ3) is 4.80. The van der Waals surface area contributed by atoms with E-state index in [0.717, 1.165) is 50.7 Å². The van der Waals surface area contributed by atoms with Gasteiger partial charge < -0.3 is 0 Å². The van der Waals surface area contributed by atoms with Crippen LogP contribution in [0.25, 0.3) is 0 Å². The van der Waals surface area contributed by atoms with Crippen LogP contribution in [-0.2, 0) is 6.18 Å². The van der Waals surface area contributed by atoms with Crippen LogP contribution >= 0.6 is 0 Å². The Balaban J connectivity index is 2.82. The van der Waals surface area contributed by atoms with Gasteiger partial charge in [-0.1, -0.05) is 45.6 Å². The molecule has 0 heterocycles. The second-order valence-electron chi connectivity index (χ2n) is 5.19. The standard InChI is InChI=1S/C16H22F4/c1-3-5-6-7-8-12(4-2)13-9-10-15(17)14(11-13)16(18,19)20/h9-12H,3-8H2,1-2H3. The molecule has 0 saturated carbocycles. The van der Waals surface area contributed by atoms with E-state index in [1.807, 2.05) is 6.92 Å². The maximum atomic E-state index is 13.3. The SMILES string of the molecule is CCCCCCC(CC)c1ccc(F)c(C(F)(F)F)c1. The Kier molecular flexibility index (Phi) is 6.50. The molecule has 114 valence electrons. The summed E-state index contributed by atoms with van der Waals surface area (Å²) in [4.78, 5) is 0. The maximum Gasteiger partial charge on any atom is 0.419 e. The predicted molar refractivity (Wildman–Crippen MR) is 73.2 cm³/mol. The average Bonchev–Trinajstić information content (AvgIpc) is 2.39. The molecule has 1 aromatic carbocycles. The van der Waals surface area contributed by atoms with Gasteiger partial charge >= 0.3 is 6.18 Å². The molecule has 1 atom stereocenters. The minimum atomic E-state index is -4.62. The van der Waals surface area contributed by atoms with Crippen molar-refractivity contribution < 1.29 is 17.6 Å². The van der Waals surface area contributed by atoms with Crippen LogP contribution in [-0.4, -0.2) is 0 Å². The highest BCUT2D eigenvalue weighted by Gasteiger charge is 2.34. The summed E-state index contributed by atoms with van der Waals surface area (Å²) >= 11 is 0. The lowest BCUT2D eigenvalue weighted by Gasteiger charge is -2.17. The van der Waals surface area contributed by atoms with Crippen molar-refractivity contribution in [3.05, 3.63) is 35.1 Å². The van der Waals surface area contributed by atoms with Gasteiger partial charge in [-0.2, -0.15) is 13.2 Å². The Labute approximate surface area is 118 Å². The highest BCUT2D eigenvalue weighted by molar-refractivity contribution is 5.29. The van der Waals surface area contributed by atoms with Gasteiger partial charge in [0.05, 0.1) is 5.56 Å². The van der Waals surface area contributed by atoms with E-state index in [4.69, 9.17) is 0 Å². The Morgan fingerprint density at radius 3 is 2.30 bits per heavy atom. The number of benzene rings is 1. The van der Waals surface area contributed by atoms with Crippen molar-refractivity contribution in [1.29, 1.82) is 0 Å². The fraction of sp³-hybridized carbons (Fsp3) is 0.625. The Bertz CT molecular complexity index is 409. The summed E-state index contributed by atoms with van der Waals surface area (Å²) in [5.74, 6) is -1.12. The molecular formula is C16H22F4. The van der Waals surface area contributed by atoms with E-state index in [9.17, 15) is 17.6 Å². The van der Waals surface area contributed by atoms with Crippen molar-refractivity contribution in [2.45, 2.75) is 64.5 Å². The fourth-order valence-corrected chi connectivity index (χ4v) is 2.44. The lowest BCUT2D eigenvalue weighted by Crippen LogP contribution is -2.10. The van der Waals surface area contributed by atoms with Crippen LogP contribution < -0.4 is 0 Å². The number of alkyl halides is 3. The zero-order chi connectivity index (χ0) is 15.2. The molecule has 0 saturated heterocycles. The molecular weight excluding hydrogens is 268 g/mol. The first-order valence-corrected chi connectivity index (χ1v) is 7.26. The summed E-state index contributed by atoms with van der Waals surface area (Å²) in [5, 5.41) is 0. The first-order valence-electron chi connectivity index (χ1n) is 7.26. The van der Waals surface area contributed by atoms with Crippen molar-refractivity contribution in [3.63, 3.8) is 0 Å². The predicted octanol–water partition coefficient (Wildman–Crippen LogP) is 6.31. The molecule has 0 spiro atoms. The number of unbranched alkanes of at least 4 members (excludes halogenated alkanes) is 3. The summed E-state index contributed by atoms with van der Waals surface area (Å²) in [6.07, 6.45) is 1.39. The van der Waals surface area contributed by atoms with Crippen molar-refractivity contribution in [3.8, 4) is 0 Å². The number of hydrogen-bond donors (Lipinski definition) is 0. The molecule has 0 aliphatic carbocycles. The third-order valence-electron chi connectivity index (χ3n) is 3.67. The summed E-state index contributed by atoms with van der Waals surface area (Å²) in [5.41, 5.74) is -0.556. The van der Waals surface area contributed by atoms with E-state index in [1.165, 1.54) is 6.07 Å². The lowest BCUT2D eigenvalue weighted by molar-refractivity contribution is -0.140. The quantitative estimate of drug-likeness (QED) is 0.408. The molecule has 1 unspecified atom stereocenters. The zero-order valence-electron chi connectivity index (χ0n) is 12.1. The minimum absolute atomic E-state index is 0.0774. The van der Waals surface area contributed by atoms with Crippen molar-refractivity contribution >= 4 is 0 Å². The van der Waals surface area contributed by atoms with E-state index in [2.05, 4.69) is 6.92 Å². The minimum Gasteiger partial charge on any atom is -0.206 e. The van der Waals surface area contributed by atoms with E-state index in [-0.39, 0.29) is 5.92 Å². The van der Waals surface area contributed by atoms with E-state index >= 15 is 0 Å². The topological polar surface area (TPSA) is 0 Å². The van der Waals surface area contributed by atoms with Crippen molar-refractivity contribution in [1.82, 2.24) is 0 Å². The molecule has 0 N–H and O–H groups in total. The van der Waals surface area contributed by atoms with Gasteiger partial charge in [-0.05, 0) is 36.5 Å². The number of halogens is 4. The Hall–Kier alpha value is -1.06. The smallest absolute Gasteiger partial charge is 0.206 e. The van der Waals surface area contributed by atoms with E-state index in [1.54, 1.807) is 0 Å². The number of hydrogen-bond acceptors (Lipinski definition) is 0. The summed E-state index contributed by atoms with van der Waals surface area (Å²) in [7, 11) is 0. The molecule has 0 nitrogen and oxygen atoms in total. The van der Waals surface area contributed by atoms with Crippen LogP contribution in [0.15, 0.2) is 18.2 Å². The van der Waals surface area contributed by atoms with E-state index in [0.29, 0.717) is 5.56 Å². The highest BCUT2D eigenvalue weighted by Crippen LogP contribution is 2.35. The zero-order valence-corrected chi connectivity index (χ0v) is 12.1. The molecule has 20 heavy (non-hydrogen) atoms. The first-order chi connectivity index (χ1) is 9.40. The molecule has 1 aromatic rings. The Morgan fingerprint density at radius 1 is 1.05 bits per heavy atom. The molecule has 0 aliphatic rings. The van der Waals surface area contributed by atoms with Crippen LogP contribution in [0.2, 0.25) is 0 Å². The number of rotatable bonds is 7. The summed E-state index contributed by atoms with van der Waals surface area (Å²) in [6.45, 7) is 4.08. The molecule has 1 rings (SSSR count). The molecule has 0 amide bonds. The van der Waals surface area contributed by atoms with Crippen molar-refractivity contribution in [2.24, 2.45) is 0 Å². The molecule has 0 aliphatic heterocycles. The van der Waals surface area contributed by atoms with Gasteiger partial charge in [-0.3, -0.25) is 0 Å². The van der Waals surface area contributed by atoms with Gasteiger partial charge in [0.15, 0.2) is 0 Å². The van der Waals surface area contributed by atoms with Gasteiger partial charge in [0.25, 0.3) is 0 Å². The van der Waals surface area contributed by atoms with Crippen LogP contribution in [0, 0.1) is 5.82 Å². The second kappa shape index (κ2) is 7.65. The molecule has 0 bridgehead atoms. The molecule has 0 aromatic heterocycles. The van der Waals surface area contributed by atoms with Gasteiger partial charge in [-0.15, -0.1) is 0 Å². The van der Waals surface area contributed by atoms with Crippen LogP contribution in [0.3, 0.4) is 0 Å². The normalized spacial score (nSPS) is 13.5. The monoisotopic (exact) mass is 290 g/mol. The third-order valence-corrected chi connectivity index (χ3v) is 3.67. The summed E-state index contributed by atoms with van der Waals surface area (Å²) < 4.78 is 51.4. The van der Waals surface area contributed by atoms with Crippen molar-refractivity contribution in [2.75, 3.05) is 0 Å². The van der Waals surface area contributed by atoms with Crippen LogP contribution in [0.5, 0.6) is 0 Å². The van der Waals surface area contributed by atoms with Gasteiger partial charge in [0.2, 0.25) is 0 Å². The molecule has 0 fully saturated rings. The fourth-order valence-electron chi connectivity index (χ4n) is 2.44. The van der Waals surface area contributed by atoms with E-state index < -0.39 is 17.6 Å². The highest BCUT2D eigenvalue weighted by atomic mass is 19.4. The van der Waals surface area contributed by atoms with Gasteiger partial charge in [0.1, 0.15) is 5.82 Å². The second-order valence-corrected chi connectivity index (χ2v) is 5.19. The van der Waals surface area contributed by atoms with Crippen LogP contribution in [0.4, 0.5) is 17.6 Å². The largest absolute Gasteiger partial charge is 0.419 e.